The van der Waals surface area contributed by atoms with Gasteiger partial charge in [0, 0.05) is 0 Å². The number of hydrogen-bond acceptors (Lipinski definition) is 0. The fourth-order valence-electron chi connectivity index (χ4n) is 13.6. The fourth-order valence-corrected chi connectivity index (χ4v) is 13.6. The predicted octanol–water partition coefficient (Wildman–Crippen LogP) is 35.9. The number of alkyl halides is 21. The molecule has 11 rings (SSSR count). The molecule has 0 atom stereocenters. The van der Waals surface area contributed by atoms with Crippen molar-refractivity contribution < 1.29 is 136 Å². The molecule has 0 bridgehead atoms. The van der Waals surface area contributed by atoms with Crippen LogP contribution in [0.15, 0.2) is 158 Å². The Kier molecular flexibility index (Phi) is 34.5. The van der Waals surface area contributed by atoms with E-state index >= 15 is 0 Å². The molecule has 129 heavy (non-hydrogen) atoms. The Morgan fingerprint density at radius 3 is 0.643 bits per heavy atom. The summed E-state index contributed by atoms with van der Waals surface area (Å²) in [6.07, 6.45) is -33.2. The minimum absolute atomic E-state index is 0.00662. The summed E-state index contributed by atoms with van der Waals surface area (Å²) in [6, 6.07) is 33.8. The molecule has 0 aliphatic heterocycles. The Morgan fingerprint density at radius 1 is 0.186 bits per heavy atom. The Morgan fingerprint density at radius 2 is 0.403 bits per heavy atom. The number of aryl methyl sites for hydroxylation is 7. The minimum atomic E-state index is -4.85. The van der Waals surface area contributed by atoms with Crippen LogP contribution in [0.3, 0.4) is 0 Å². The molecule has 0 radical (unpaired) electrons. The van der Waals surface area contributed by atoms with Gasteiger partial charge in [0.15, 0.2) is 46.5 Å². The highest BCUT2D eigenvalue weighted by molar-refractivity contribution is 5.73. The molecule has 0 aliphatic carbocycles. The maximum absolute atomic E-state index is 13.8. The van der Waals surface area contributed by atoms with Gasteiger partial charge < -0.3 is 0 Å². The van der Waals surface area contributed by atoms with Crippen LogP contribution in [0.2, 0.25) is 0 Å². The zero-order valence-corrected chi connectivity index (χ0v) is 72.7. The van der Waals surface area contributed by atoms with Crippen molar-refractivity contribution in [2.45, 2.75) is 210 Å². The zero-order chi connectivity index (χ0) is 98.4. The second-order valence-electron chi connectivity index (χ2n) is 32.8. The molecular weight excluding hydrogens is 1770 g/mol. The van der Waals surface area contributed by atoms with Crippen LogP contribution in [0.4, 0.5) is 136 Å². The maximum Gasteiger partial charge on any atom is 0.416 e. The van der Waals surface area contributed by atoms with E-state index in [9.17, 15) is 136 Å². The molecule has 0 fully saturated rings. The van der Waals surface area contributed by atoms with Gasteiger partial charge in [-0.2, -0.15) is 92.2 Å². The molecular formula is C98H89F31. The van der Waals surface area contributed by atoms with E-state index in [0.717, 1.165) is 86.5 Å². The molecule has 0 spiro atoms. The van der Waals surface area contributed by atoms with Crippen LogP contribution >= 0.6 is 0 Å². The largest absolute Gasteiger partial charge is 0.416 e. The van der Waals surface area contributed by atoms with Crippen LogP contribution in [-0.4, -0.2) is 0 Å². The van der Waals surface area contributed by atoms with Gasteiger partial charge in [-0.05, 0) is 234 Å². The lowest BCUT2D eigenvalue weighted by atomic mass is 9.90. The van der Waals surface area contributed by atoms with Crippen LogP contribution in [0, 0.1) is 107 Å². The third-order valence-electron chi connectivity index (χ3n) is 20.1. The molecule has 0 amide bonds. The molecule has 698 valence electrons. The summed E-state index contributed by atoms with van der Waals surface area (Å²) in [4.78, 5) is 0. The number of benzene rings is 11. The SMILES string of the molecule is Cc1cc(-c2c(F)c(F)c(F)c(F)c2F)cc(C(C)C)c1.Cc1cc(-c2c(F)c(F)c(F)c(F)c2F)cc(C(C)C)c1.Cc1cc(-c2cc(C(F)(F)F)cc(C(F)(F)F)c2)cc(C(C)C)c1.Cc1cc(-c2cc(C(F)(F)F)cc(C(F)(F)F)c2)cc(C(C)C)c1.Cc1cc(-c2ccc(C(F)(F)F)cc2C)cc(C(C)C)c1.Cc1cc(C(F)(F)F)cc(C(F)(F)F)c1C(C)C. The molecule has 0 aromatic heterocycles. The van der Waals surface area contributed by atoms with E-state index in [4.69, 9.17) is 0 Å². The smallest absolute Gasteiger partial charge is 0.203 e. The molecule has 0 heterocycles. The van der Waals surface area contributed by atoms with Gasteiger partial charge in [0.1, 0.15) is 0 Å². The average Bonchev–Trinajstić information content (AvgIpc) is 0.753. The van der Waals surface area contributed by atoms with E-state index in [-0.39, 0.29) is 75.3 Å². The van der Waals surface area contributed by atoms with Crippen molar-refractivity contribution in [3.63, 3.8) is 0 Å². The summed E-state index contributed by atoms with van der Waals surface area (Å²) in [7, 11) is 0. The van der Waals surface area contributed by atoms with E-state index in [0.29, 0.717) is 33.7 Å². The third kappa shape index (κ3) is 27.9. The molecule has 0 nitrogen and oxygen atoms in total. The first kappa shape index (κ1) is 107. The van der Waals surface area contributed by atoms with E-state index < -0.39 is 157 Å². The lowest BCUT2D eigenvalue weighted by Crippen LogP contribution is -2.15. The summed E-state index contributed by atoms with van der Waals surface area (Å²) in [5.41, 5.74) is 1.25. The van der Waals surface area contributed by atoms with E-state index in [1.807, 2.05) is 80.5 Å². The van der Waals surface area contributed by atoms with Gasteiger partial charge in [0.25, 0.3) is 0 Å². The van der Waals surface area contributed by atoms with Gasteiger partial charge >= 0.3 is 43.2 Å². The summed E-state index contributed by atoms with van der Waals surface area (Å²) in [5, 5.41) is 0. The third-order valence-corrected chi connectivity index (χ3v) is 20.1. The van der Waals surface area contributed by atoms with Gasteiger partial charge in [-0.1, -0.05) is 208 Å². The highest BCUT2D eigenvalue weighted by atomic mass is 19.4. The van der Waals surface area contributed by atoms with Gasteiger partial charge in [0.05, 0.1) is 50.1 Å². The Hall–Kier alpha value is -10.8. The molecule has 31 heteroatoms. The molecule has 11 aromatic rings. The van der Waals surface area contributed by atoms with Crippen LogP contribution in [0.1, 0.15) is 230 Å². The number of rotatable bonds is 11. The fraction of sp³-hybridized carbons (Fsp3) is 0.327. The van der Waals surface area contributed by atoms with Gasteiger partial charge in [-0.25, -0.2) is 43.9 Å². The van der Waals surface area contributed by atoms with Crippen LogP contribution in [0.25, 0.3) is 55.6 Å². The van der Waals surface area contributed by atoms with E-state index in [1.165, 1.54) is 56.7 Å². The summed E-state index contributed by atoms with van der Waals surface area (Å²) >= 11 is 0. The predicted molar refractivity (Wildman–Crippen MR) is 438 cm³/mol. The number of hydrogen-bond donors (Lipinski definition) is 0. The topological polar surface area (TPSA) is 0 Å². The van der Waals surface area contributed by atoms with Crippen molar-refractivity contribution in [3.8, 4) is 55.6 Å². The van der Waals surface area contributed by atoms with Crippen LogP contribution < -0.4 is 0 Å². The normalized spacial score (nSPS) is 12.2. The molecule has 0 N–H and O–H groups in total. The van der Waals surface area contributed by atoms with Crippen LogP contribution in [0.5, 0.6) is 0 Å². The van der Waals surface area contributed by atoms with Crippen molar-refractivity contribution in [2.75, 3.05) is 0 Å². The molecule has 0 unspecified atom stereocenters. The summed E-state index contributed by atoms with van der Waals surface area (Å²) < 4.78 is 404. The molecule has 0 aliphatic rings. The van der Waals surface area contributed by atoms with E-state index in [1.54, 1.807) is 77.1 Å². The zero-order valence-electron chi connectivity index (χ0n) is 72.7. The van der Waals surface area contributed by atoms with E-state index in [2.05, 4.69) is 26.0 Å². The highest BCUT2D eigenvalue weighted by Gasteiger charge is 2.42. The second kappa shape index (κ2) is 41.6. The lowest BCUT2D eigenvalue weighted by Gasteiger charge is -2.20. The average molecular weight is 1860 g/mol. The number of halogens is 31. The Bertz CT molecular complexity index is 5420. The van der Waals surface area contributed by atoms with Gasteiger partial charge in [-0.3, -0.25) is 0 Å². The Labute approximate surface area is 726 Å². The van der Waals surface area contributed by atoms with Crippen molar-refractivity contribution in [1.82, 2.24) is 0 Å². The van der Waals surface area contributed by atoms with Crippen LogP contribution in [-0.2, 0) is 43.2 Å². The Balaban J connectivity index is 0.000000239. The first-order valence-electron chi connectivity index (χ1n) is 39.5. The monoisotopic (exact) mass is 1850 g/mol. The maximum atomic E-state index is 13.8. The lowest BCUT2D eigenvalue weighted by molar-refractivity contribution is -0.145. The highest BCUT2D eigenvalue weighted by Crippen LogP contribution is 2.46. The first-order chi connectivity index (χ1) is 58.8. The summed E-state index contributed by atoms with van der Waals surface area (Å²) in [6.45, 7) is 34.3. The molecule has 0 saturated carbocycles. The van der Waals surface area contributed by atoms with Gasteiger partial charge in [0.2, 0.25) is 11.6 Å². The molecule has 11 aromatic carbocycles. The quantitative estimate of drug-likeness (QED) is 0.0688. The first-order valence-corrected chi connectivity index (χ1v) is 39.5. The second-order valence-corrected chi connectivity index (χ2v) is 32.8. The van der Waals surface area contributed by atoms with Crippen molar-refractivity contribution in [2.24, 2.45) is 0 Å². The van der Waals surface area contributed by atoms with Gasteiger partial charge in [-0.15, -0.1) is 0 Å². The molecule has 0 saturated heterocycles. The van der Waals surface area contributed by atoms with Crippen molar-refractivity contribution >= 4 is 0 Å². The minimum Gasteiger partial charge on any atom is -0.203 e. The van der Waals surface area contributed by atoms with Crippen molar-refractivity contribution in [3.05, 3.63) is 327 Å². The summed E-state index contributed by atoms with van der Waals surface area (Å²) in [5.74, 6) is -19.1. The van der Waals surface area contributed by atoms with Crippen molar-refractivity contribution in [1.29, 1.82) is 0 Å². The standard InChI is InChI=1S/2C18H16F6.C18H19F3.2C16H13F5.C12H12F6/c2*1-10(2)12-4-11(3)5-13(6-12)14-7-15(17(19,20)21)9-16(8-14)18(22,23)24;1-11(2)14-7-12(3)8-15(10-14)17-6-5-16(9-13(17)4)18(19,20)21;2*1-7(2)9-4-8(3)5-10(6-9)11-12(17)14(19)16(21)15(20)13(11)18;1-6(2)10-7(3)4-8(11(13,14)15)5-9(10)12(16,17)18/h2*4-10H,1-3H3;5-11H,1-4H3;2*4-7H,1-3H3;4-6H,1-3H3.